The number of carbonyl (C=O) groups is 1. The molecule has 1 fully saturated rings. The van der Waals surface area contributed by atoms with Gasteiger partial charge in [-0.3, -0.25) is 4.98 Å². The van der Waals surface area contributed by atoms with Crippen LogP contribution in [0.3, 0.4) is 0 Å². The van der Waals surface area contributed by atoms with Gasteiger partial charge in [-0.15, -0.1) is 0 Å². The normalized spacial score (nSPS) is 15.0. The number of amides is 1. The number of methoxy groups -OCH3 is 2. The Kier molecular flexibility index (Phi) is 7.09. The lowest BCUT2D eigenvalue weighted by molar-refractivity contribution is 0.0863. The molecule has 0 bridgehead atoms. The highest BCUT2D eigenvalue weighted by Gasteiger charge is 2.40. The van der Waals surface area contributed by atoms with Gasteiger partial charge in [0.2, 0.25) is 5.95 Å². The van der Waals surface area contributed by atoms with Crippen molar-refractivity contribution in [2.75, 3.05) is 58.1 Å². The molecule has 10 heteroatoms. The van der Waals surface area contributed by atoms with Crippen LogP contribution >= 0.6 is 0 Å². The summed E-state index contributed by atoms with van der Waals surface area (Å²) in [5.41, 5.74) is 7.68. The zero-order chi connectivity index (χ0) is 25.0. The molecule has 0 spiro atoms. The van der Waals surface area contributed by atoms with Gasteiger partial charge >= 0.3 is 6.09 Å². The molecule has 0 aliphatic carbocycles. The average Bonchev–Trinajstić information content (AvgIpc) is 2.88. The van der Waals surface area contributed by atoms with Crippen molar-refractivity contribution in [3.63, 3.8) is 0 Å². The molecule has 4 rings (SSSR count). The van der Waals surface area contributed by atoms with Crippen LogP contribution in [0.15, 0.2) is 36.5 Å². The first kappa shape index (κ1) is 24.3. The largest absolute Gasteiger partial charge is 0.493 e. The summed E-state index contributed by atoms with van der Waals surface area (Å²) in [5.74, 6) is 2.01. The summed E-state index contributed by atoms with van der Waals surface area (Å²) >= 11 is 0. The molecule has 1 saturated heterocycles. The number of hydrogen-bond donors (Lipinski definition) is 1. The van der Waals surface area contributed by atoms with Gasteiger partial charge in [0.15, 0.2) is 11.5 Å². The van der Waals surface area contributed by atoms with E-state index >= 15 is 0 Å². The standard InChI is InChI=1S/C25H32N6O4/c1-5-35-24(32)31-12-9-25(10-13-31,21-8-6-7-11-27-21)16-30(2)23-28-18-15-20(34-4)19(33-3)14-17(18)22(26)29-23/h6-8,11,14-15H,5,9-10,12-13,16H2,1-4H3,(H2,26,28,29). The molecule has 1 amide bonds. The first-order valence-electron chi connectivity index (χ1n) is 11.6. The number of nitrogen functional groups attached to an aromatic ring is 1. The van der Waals surface area contributed by atoms with Crippen LogP contribution in [0.2, 0.25) is 0 Å². The number of aromatic nitrogens is 3. The molecular weight excluding hydrogens is 448 g/mol. The molecule has 2 N–H and O–H groups in total. The lowest BCUT2D eigenvalue weighted by atomic mass is 9.75. The van der Waals surface area contributed by atoms with Crippen LogP contribution in [-0.4, -0.2) is 73.5 Å². The fourth-order valence-electron chi connectivity index (χ4n) is 4.67. The molecule has 0 saturated carbocycles. The second-order valence-corrected chi connectivity index (χ2v) is 8.67. The minimum atomic E-state index is -0.288. The lowest BCUT2D eigenvalue weighted by Gasteiger charge is -2.43. The number of ether oxygens (including phenoxy) is 3. The summed E-state index contributed by atoms with van der Waals surface area (Å²) in [4.78, 5) is 30.1. The number of piperidine rings is 1. The van der Waals surface area contributed by atoms with E-state index in [0.29, 0.717) is 60.4 Å². The maximum atomic E-state index is 12.3. The SMILES string of the molecule is CCOC(=O)N1CCC(CN(C)c2nc(N)c3cc(OC)c(OC)cc3n2)(c2ccccn2)CC1. The van der Waals surface area contributed by atoms with Gasteiger partial charge in [-0.05, 0) is 38.0 Å². The number of benzene rings is 1. The summed E-state index contributed by atoms with van der Waals surface area (Å²) in [5, 5.41) is 0.696. The van der Waals surface area contributed by atoms with Crippen molar-refractivity contribution in [3.05, 3.63) is 42.2 Å². The van der Waals surface area contributed by atoms with E-state index in [1.807, 2.05) is 37.1 Å². The summed E-state index contributed by atoms with van der Waals surface area (Å²) in [6.07, 6.45) is 3.01. The Morgan fingerprint density at radius 1 is 1.14 bits per heavy atom. The number of nitrogens with zero attached hydrogens (tertiary/aromatic N) is 5. The van der Waals surface area contributed by atoms with Gasteiger partial charge in [0.25, 0.3) is 0 Å². The molecule has 0 unspecified atom stereocenters. The Hall–Kier alpha value is -3.82. The van der Waals surface area contributed by atoms with Crippen molar-refractivity contribution in [2.45, 2.75) is 25.2 Å². The quantitative estimate of drug-likeness (QED) is 0.544. The summed E-state index contributed by atoms with van der Waals surface area (Å²) < 4.78 is 16.0. The first-order chi connectivity index (χ1) is 16.9. The molecule has 186 valence electrons. The van der Waals surface area contributed by atoms with Crippen LogP contribution in [-0.2, 0) is 10.2 Å². The van der Waals surface area contributed by atoms with Crippen LogP contribution < -0.4 is 20.1 Å². The van der Waals surface area contributed by atoms with E-state index < -0.39 is 0 Å². The molecule has 3 aromatic rings. The monoisotopic (exact) mass is 480 g/mol. The first-order valence-corrected chi connectivity index (χ1v) is 11.6. The van der Waals surface area contributed by atoms with Gasteiger partial charge in [0.05, 0.1) is 26.3 Å². The molecule has 0 radical (unpaired) electrons. The van der Waals surface area contributed by atoms with Gasteiger partial charge in [-0.25, -0.2) is 9.78 Å². The molecule has 35 heavy (non-hydrogen) atoms. The number of anilines is 2. The molecule has 0 atom stereocenters. The van der Waals surface area contributed by atoms with E-state index in [0.717, 1.165) is 18.5 Å². The minimum Gasteiger partial charge on any atom is -0.493 e. The predicted molar refractivity (Wildman–Crippen MR) is 134 cm³/mol. The average molecular weight is 481 g/mol. The van der Waals surface area contributed by atoms with Crippen molar-refractivity contribution in [3.8, 4) is 11.5 Å². The number of nitrogens with two attached hydrogens (primary N) is 1. The highest BCUT2D eigenvalue weighted by atomic mass is 16.6. The van der Waals surface area contributed by atoms with Gasteiger partial charge in [0, 0.05) is 55.4 Å². The van der Waals surface area contributed by atoms with Gasteiger partial charge in [0.1, 0.15) is 5.82 Å². The van der Waals surface area contributed by atoms with Crippen molar-refractivity contribution >= 4 is 28.8 Å². The number of carbonyl (C=O) groups excluding carboxylic acids is 1. The predicted octanol–water partition coefficient (Wildman–Crippen LogP) is 3.25. The third-order valence-corrected chi connectivity index (χ3v) is 6.55. The molecule has 1 aliphatic rings. The van der Waals surface area contributed by atoms with Crippen molar-refractivity contribution in [1.82, 2.24) is 19.9 Å². The number of hydrogen-bond acceptors (Lipinski definition) is 9. The number of fused-ring (bicyclic) bond motifs is 1. The van der Waals surface area contributed by atoms with E-state index in [-0.39, 0.29) is 11.5 Å². The number of likely N-dealkylation sites (tertiary alicyclic amines) is 1. The van der Waals surface area contributed by atoms with Gasteiger partial charge in [-0.2, -0.15) is 4.98 Å². The number of pyridine rings is 1. The van der Waals surface area contributed by atoms with Crippen LogP contribution in [0.5, 0.6) is 11.5 Å². The molecule has 2 aromatic heterocycles. The third-order valence-electron chi connectivity index (χ3n) is 6.55. The lowest BCUT2D eigenvalue weighted by Crippen LogP contribution is -2.50. The number of likely N-dealkylation sites (N-methyl/N-ethyl adjacent to an activating group) is 1. The van der Waals surface area contributed by atoms with Crippen LogP contribution in [0.4, 0.5) is 16.6 Å². The summed E-state index contributed by atoms with van der Waals surface area (Å²) in [7, 11) is 5.11. The van der Waals surface area contributed by atoms with E-state index in [9.17, 15) is 4.79 Å². The second-order valence-electron chi connectivity index (χ2n) is 8.67. The van der Waals surface area contributed by atoms with Gasteiger partial charge in [-0.1, -0.05) is 6.07 Å². The van der Waals surface area contributed by atoms with Crippen molar-refractivity contribution in [1.29, 1.82) is 0 Å². The van der Waals surface area contributed by atoms with E-state index in [2.05, 4.69) is 9.97 Å². The van der Waals surface area contributed by atoms with Crippen LogP contribution in [0.1, 0.15) is 25.5 Å². The third kappa shape index (κ3) is 4.87. The summed E-state index contributed by atoms with van der Waals surface area (Å²) in [6.45, 7) is 3.96. The fourth-order valence-corrected chi connectivity index (χ4v) is 4.67. The highest BCUT2D eigenvalue weighted by molar-refractivity contribution is 5.91. The smallest absolute Gasteiger partial charge is 0.409 e. The highest BCUT2D eigenvalue weighted by Crippen LogP contribution is 2.37. The fraction of sp³-hybridized carbons (Fsp3) is 0.440. The summed E-state index contributed by atoms with van der Waals surface area (Å²) in [6, 6.07) is 9.53. The van der Waals surface area contributed by atoms with Gasteiger partial charge < -0.3 is 29.7 Å². The Labute approximate surface area is 205 Å². The van der Waals surface area contributed by atoms with Crippen LogP contribution in [0.25, 0.3) is 10.9 Å². The maximum absolute atomic E-state index is 12.3. The maximum Gasteiger partial charge on any atom is 0.409 e. The Bertz CT molecular complexity index is 1180. The Balaban J connectivity index is 1.64. The molecular formula is C25H32N6O4. The number of rotatable bonds is 7. The van der Waals surface area contributed by atoms with E-state index in [4.69, 9.17) is 24.9 Å². The molecule has 1 aliphatic heterocycles. The molecule has 10 nitrogen and oxygen atoms in total. The minimum absolute atomic E-state index is 0.273. The molecule has 3 heterocycles. The van der Waals surface area contributed by atoms with E-state index in [1.165, 1.54) is 0 Å². The zero-order valence-corrected chi connectivity index (χ0v) is 20.7. The topological polar surface area (TPSA) is 116 Å². The van der Waals surface area contributed by atoms with E-state index in [1.54, 1.807) is 37.4 Å². The second kappa shape index (κ2) is 10.2. The Morgan fingerprint density at radius 3 is 2.49 bits per heavy atom. The zero-order valence-electron chi connectivity index (χ0n) is 20.7. The molecule has 1 aromatic carbocycles. The van der Waals surface area contributed by atoms with Crippen LogP contribution in [0, 0.1) is 0 Å². The van der Waals surface area contributed by atoms with Crippen molar-refractivity contribution < 1.29 is 19.0 Å². The Morgan fingerprint density at radius 2 is 1.86 bits per heavy atom. The van der Waals surface area contributed by atoms with Crippen molar-refractivity contribution in [2.24, 2.45) is 0 Å².